The van der Waals surface area contributed by atoms with E-state index < -0.39 is 18.1 Å². The Morgan fingerprint density at radius 2 is 1.66 bits per heavy atom. The zero-order valence-corrected chi connectivity index (χ0v) is 16.0. The largest absolute Gasteiger partial charge is 0.467 e. The molecule has 29 heavy (non-hydrogen) atoms. The molecule has 2 amide bonds. The number of hydroxylamine groups is 1. The summed E-state index contributed by atoms with van der Waals surface area (Å²) in [4.78, 5) is 33.6. The minimum Gasteiger partial charge on any atom is -0.467 e. The van der Waals surface area contributed by atoms with E-state index in [1.165, 1.54) is 4.90 Å². The van der Waals surface area contributed by atoms with Crippen LogP contribution in [0.25, 0.3) is 0 Å². The number of rotatable bonds is 4. The van der Waals surface area contributed by atoms with Crippen molar-refractivity contribution >= 4 is 29.1 Å². The van der Waals surface area contributed by atoms with Gasteiger partial charge in [0.25, 0.3) is 5.91 Å². The topological polar surface area (TPSA) is 63.0 Å². The number of hydrogen-bond acceptors (Lipinski definition) is 5. The van der Waals surface area contributed by atoms with Crippen LogP contribution in [0.15, 0.2) is 77.4 Å². The quantitative estimate of drug-likeness (QED) is 0.611. The van der Waals surface area contributed by atoms with Gasteiger partial charge in [0.05, 0.1) is 18.5 Å². The highest BCUT2D eigenvalue weighted by atomic mass is 35.5. The molecule has 2 aromatic carbocycles. The van der Waals surface area contributed by atoms with Gasteiger partial charge in [-0.05, 0) is 42.0 Å². The third-order valence-electron chi connectivity index (χ3n) is 5.31. The van der Waals surface area contributed by atoms with Gasteiger partial charge in [-0.15, -0.1) is 0 Å². The van der Waals surface area contributed by atoms with E-state index in [1.807, 2.05) is 30.3 Å². The Kier molecular flexibility index (Phi) is 4.38. The normalized spacial score (nSPS) is 23.7. The Morgan fingerprint density at radius 1 is 0.897 bits per heavy atom. The first kappa shape index (κ1) is 18.0. The molecule has 3 heterocycles. The number of likely N-dealkylation sites (tertiary alicyclic amines) is 1. The molecular formula is C22H17ClN2O4. The van der Waals surface area contributed by atoms with Crippen LogP contribution < -0.4 is 5.06 Å². The Labute approximate surface area is 172 Å². The van der Waals surface area contributed by atoms with Crippen LogP contribution in [0.3, 0.4) is 0 Å². The van der Waals surface area contributed by atoms with E-state index in [2.05, 4.69) is 0 Å². The second-order valence-corrected chi connectivity index (χ2v) is 7.50. The maximum atomic E-state index is 13.3. The smallest absolute Gasteiger partial charge is 0.262 e. The summed E-state index contributed by atoms with van der Waals surface area (Å²) in [5, 5.41) is 2.17. The molecule has 0 saturated carbocycles. The van der Waals surface area contributed by atoms with Gasteiger partial charge in [0.2, 0.25) is 5.91 Å². The minimum atomic E-state index is -0.892. The molecule has 7 heteroatoms. The number of anilines is 1. The van der Waals surface area contributed by atoms with E-state index in [0.29, 0.717) is 16.5 Å². The minimum absolute atomic E-state index is 0.223. The van der Waals surface area contributed by atoms with Crippen molar-refractivity contribution in [3.63, 3.8) is 0 Å². The van der Waals surface area contributed by atoms with Gasteiger partial charge in [-0.3, -0.25) is 19.3 Å². The number of halogens is 1. The number of imide groups is 1. The second kappa shape index (κ2) is 7.06. The molecule has 6 nitrogen and oxygen atoms in total. The van der Waals surface area contributed by atoms with Crippen molar-refractivity contribution in [1.82, 2.24) is 4.90 Å². The van der Waals surface area contributed by atoms with Crippen LogP contribution in [-0.2, 0) is 21.0 Å². The number of benzene rings is 2. The molecule has 5 rings (SSSR count). The van der Waals surface area contributed by atoms with Gasteiger partial charge in [-0.25, -0.2) is 5.06 Å². The number of amides is 2. The highest BCUT2D eigenvalue weighted by molar-refractivity contribution is 6.30. The molecule has 0 spiro atoms. The summed E-state index contributed by atoms with van der Waals surface area (Å²) in [6.07, 6.45) is 0.656. The van der Waals surface area contributed by atoms with E-state index in [0.717, 1.165) is 5.56 Å². The van der Waals surface area contributed by atoms with Gasteiger partial charge < -0.3 is 4.42 Å². The lowest BCUT2D eigenvalue weighted by molar-refractivity contribution is -0.143. The van der Waals surface area contributed by atoms with E-state index in [9.17, 15) is 9.59 Å². The lowest BCUT2D eigenvalue weighted by Gasteiger charge is -2.27. The van der Waals surface area contributed by atoms with Crippen molar-refractivity contribution in [1.29, 1.82) is 0 Å². The first-order valence-electron chi connectivity index (χ1n) is 9.27. The molecule has 2 aliphatic rings. The van der Waals surface area contributed by atoms with Crippen molar-refractivity contribution in [2.75, 3.05) is 5.06 Å². The predicted octanol–water partition coefficient (Wildman–Crippen LogP) is 3.98. The molecule has 0 bridgehead atoms. The summed E-state index contributed by atoms with van der Waals surface area (Å²) in [6.45, 7) is 0.223. The Morgan fingerprint density at radius 3 is 2.34 bits per heavy atom. The summed E-state index contributed by atoms with van der Waals surface area (Å²) in [5.74, 6) is -0.721. The van der Waals surface area contributed by atoms with Crippen molar-refractivity contribution < 1.29 is 18.8 Å². The van der Waals surface area contributed by atoms with Crippen molar-refractivity contribution in [3.8, 4) is 0 Å². The van der Waals surface area contributed by atoms with Crippen LogP contribution in [0.1, 0.15) is 17.4 Å². The fraction of sp³-hybridized carbons (Fsp3) is 0.182. The fourth-order valence-electron chi connectivity index (χ4n) is 3.95. The maximum Gasteiger partial charge on any atom is 0.262 e. The Balaban J connectivity index is 1.50. The number of carbonyl (C=O) groups is 2. The molecule has 3 unspecified atom stereocenters. The molecule has 1 aromatic heterocycles. The summed E-state index contributed by atoms with van der Waals surface area (Å²) < 4.78 is 5.61. The molecule has 0 aliphatic carbocycles. The monoisotopic (exact) mass is 408 g/mol. The van der Waals surface area contributed by atoms with Gasteiger partial charge in [-0.1, -0.05) is 41.9 Å². The van der Waals surface area contributed by atoms with Crippen molar-refractivity contribution in [2.24, 2.45) is 5.92 Å². The summed E-state index contributed by atoms with van der Waals surface area (Å²) in [5.41, 5.74) is 1.58. The van der Waals surface area contributed by atoms with Crippen LogP contribution in [0.5, 0.6) is 0 Å². The van der Waals surface area contributed by atoms with E-state index in [1.54, 1.807) is 47.7 Å². The first-order chi connectivity index (χ1) is 14.1. The lowest BCUT2D eigenvalue weighted by atomic mass is 9.94. The molecule has 2 aliphatic heterocycles. The van der Waals surface area contributed by atoms with Crippen LogP contribution in [-0.4, -0.2) is 22.8 Å². The Hall–Kier alpha value is -3.09. The summed E-state index contributed by atoms with van der Waals surface area (Å²) >= 11 is 6.00. The average Bonchev–Trinajstić information content (AvgIpc) is 3.44. The fourth-order valence-corrected chi connectivity index (χ4v) is 4.08. The van der Waals surface area contributed by atoms with Crippen molar-refractivity contribution in [3.05, 3.63) is 89.3 Å². The Bertz CT molecular complexity index is 1040. The third kappa shape index (κ3) is 3.01. The van der Waals surface area contributed by atoms with Gasteiger partial charge in [0, 0.05) is 5.02 Å². The van der Waals surface area contributed by atoms with E-state index >= 15 is 0 Å². The first-order valence-corrected chi connectivity index (χ1v) is 9.65. The maximum absolute atomic E-state index is 13.3. The number of fused-ring (bicyclic) bond motifs is 1. The number of nitrogens with zero attached hydrogens (tertiary/aromatic N) is 2. The van der Waals surface area contributed by atoms with Crippen molar-refractivity contribution in [2.45, 2.75) is 18.7 Å². The molecule has 2 saturated heterocycles. The van der Waals surface area contributed by atoms with E-state index in [-0.39, 0.29) is 18.4 Å². The molecule has 146 valence electrons. The number of carbonyl (C=O) groups excluding carboxylic acids is 2. The van der Waals surface area contributed by atoms with Crippen LogP contribution in [0.2, 0.25) is 5.02 Å². The lowest BCUT2D eigenvalue weighted by Crippen LogP contribution is -2.36. The van der Waals surface area contributed by atoms with Crippen LogP contribution in [0.4, 0.5) is 5.69 Å². The standard InChI is InChI=1S/C22H17ClN2O4/c23-15-8-10-16(11-9-15)25-19(17-7-4-12-28-17)18-20(29-25)22(27)24(21(18)26)13-14-5-2-1-3-6-14/h1-12,18-20H,13H2. The molecule has 0 N–H and O–H groups in total. The second-order valence-electron chi connectivity index (χ2n) is 7.06. The average molecular weight is 409 g/mol. The molecule has 3 atom stereocenters. The SMILES string of the molecule is O=C1C2ON(c3ccc(Cl)cc3)C(c3ccco3)C2C(=O)N1Cc1ccccc1. The number of hydrogen-bond donors (Lipinski definition) is 0. The van der Waals surface area contributed by atoms with Gasteiger partial charge in [-0.2, -0.15) is 0 Å². The van der Waals surface area contributed by atoms with Gasteiger partial charge in [0.15, 0.2) is 6.10 Å². The molecule has 2 fully saturated rings. The summed E-state index contributed by atoms with van der Waals surface area (Å²) in [7, 11) is 0. The highest BCUT2D eigenvalue weighted by Crippen LogP contribution is 2.47. The van der Waals surface area contributed by atoms with Gasteiger partial charge >= 0.3 is 0 Å². The molecule has 0 radical (unpaired) electrons. The third-order valence-corrected chi connectivity index (χ3v) is 5.56. The highest BCUT2D eigenvalue weighted by Gasteiger charge is 2.60. The van der Waals surface area contributed by atoms with Crippen LogP contribution >= 0.6 is 11.6 Å². The zero-order chi connectivity index (χ0) is 20.0. The zero-order valence-electron chi connectivity index (χ0n) is 15.3. The molecular weight excluding hydrogens is 392 g/mol. The number of furan rings is 1. The van der Waals surface area contributed by atoms with E-state index in [4.69, 9.17) is 20.9 Å². The predicted molar refractivity (Wildman–Crippen MR) is 106 cm³/mol. The van der Waals surface area contributed by atoms with Crippen LogP contribution in [0, 0.1) is 5.92 Å². The van der Waals surface area contributed by atoms with Gasteiger partial charge in [0.1, 0.15) is 17.7 Å². The summed E-state index contributed by atoms with van der Waals surface area (Å²) in [6, 6.07) is 19.5. The molecule has 3 aromatic rings.